The lowest BCUT2D eigenvalue weighted by Gasteiger charge is -2.26. The Balaban J connectivity index is 2.66. The van der Waals surface area contributed by atoms with Crippen molar-refractivity contribution in [2.75, 3.05) is 19.3 Å². The van der Waals surface area contributed by atoms with Crippen LogP contribution < -0.4 is 5.73 Å². The minimum Gasteiger partial charge on any atom is -0.398 e. The number of benzene rings is 1. The molecule has 3 heteroatoms. The summed E-state index contributed by atoms with van der Waals surface area (Å²) in [5, 5.41) is 0.694. The first-order chi connectivity index (χ1) is 7.28. The molecule has 0 aliphatic rings. The Labute approximate surface area is 103 Å². The fraction of sp³-hybridized carbons (Fsp3) is 0.538. The van der Waals surface area contributed by atoms with Crippen molar-refractivity contribution in [3.8, 4) is 0 Å². The normalized spacial score (nSPS) is 12.1. The summed E-state index contributed by atoms with van der Waals surface area (Å²) in [5.41, 5.74) is 8.13. The van der Waals surface area contributed by atoms with Gasteiger partial charge in [-0.3, -0.25) is 0 Å². The highest BCUT2D eigenvalue weighted by Crippen LogP contribution is 2.21. The second-order valence-electron chi connectivity index (χ2n) is 5.58. The summed E-state index contributed by atoms with van der Waals surface area (Å²) in [7, 11) is 2.11. The Morgan fingerprint density at radius 1 is 1.31 bits per heavy atom. The van der Waals surface area contributed by atoms with Crippen LogP contribution in [0.25, 0.3) is 0 Å². The lowest BCUT2D eigenvalue weighted by molar-refractivity contribution is 0.221. The van der Waals surface area contributed by atoms with Gasteiger partial charge < -0.3 is 10.6 Å². The number of nitrogens with two attached hydrogens (primary N) is 1. The van der Waals surface area contributed by atoms with Gasteiger partial charge in [0, 0.05) is 23.8 Å². The quantitative estimate of drug-likeness (QED) is 0.821. The van der Waals surface area contributed by atoms with E-state index in [0.29, 0.717) is 10.4 Å². The van der Waals surface area contributed by atoms with Gasteiger partial charge in [0.15, 0.2) is 0 Å². The maximum Gasteiger partial charge on any atom is 0.0426 e. The molecule has 0 saturated heterocycles. The molecule has 0 fully saturated rings. The van der Waals surface area contributed by atoms with Crippen molar-refractivity contribution in [3.05, 3.63) is 28.8 Å². The van der Waals surface area contributed by atoms with Crippen LogP contribution in [-0.2, 0) is 6.54 Å². The third-order valence-corrected chi connectivity index (χ3v) is 2.53. The van der Waals surface area contributed by atoms with Gasteiger partial charge in [0.25, 0.3) is 0 Å². The van der Waals surface area contributed by atoms with E-state index in [2.05, 4.69) is 32.7 Å². The molecule has 0 aliphatic carbocycles. The molecule has 1 aromatic rings. The van der Waals surface area contributed by atoms with Gasteiger partial charge in [-0.25, -0.2) is 0 Å². The van der Waals surface area contributed by atoms with Gasteiger partial charge in [-0.1, -0.05) is 38.4 Å². The first-order valence-electron chi connectivity index (χ1n) is 5.50. The summed E-state index contributed by atoms with van der Waals surface area (Å²) in [6.45, 7) is 8.59. The zero-order valence-electron chi connectivity index (χ0n) is 10.5. The smallest absolute Gasteiger partial charge is 0.0426 e. The van der Waals surface area contributed by atoms with E-state index in [1.165, 1.54) is 0 Å². The highest BCUT2D eigenvalue weighted by atomic mass is 35.5. The predicted molar refractivity (Wildman–Crippen MR) is 71.7 cm³/mol. The molecule has 0 bridgehead atoms. The van der Waals surface area contributed by atoms with Crippen LogP contribution in [0.15, 0.2) is 18.2 Å². The fourth-order valence-corrected chi connectivity index (χ4v) is 2.05. The van der Waals surface area contributed by atoms with Gasteiger partial charge in [0.2, 0.25) is 0 Å². The molecule has 1 aromatic carbocycles. The maximum atomic E-state index is 5.92. The standard InChI is InChI=1S/C13H21ClN2/c1-13(2,3)9-16(4)8-10-5-6-11(14)7-12(10)15/h5-7H,8-9,15H2,1-4H3. The number of nitrogen functional groups attached to an aromatic ring is 1. The van der Waals surface area contributed by atoms with Gasteiger partial charge in [-0.15, -0.1) is 0 Å². The Morgan fingerprint density at radius 3 is 2.44 bits per heavy atom. The van der Waals surface area contributed by atoms with Crippen LogP contribution in [0.4, 0.5) is 5.69 Å². The van der Waals surface area contributed by atoms with Gasteiger partial charge in [0.1, 0.15) is 0 Å². The average Bonchev–Trinajstić information content (AvgIpc) is 2.06. The number of nitrogens with zero attached hydrogens (tertiary/aromatic N) is 1. The molecule has 2 N–H and O–H groups in total. The molecule has 0 aliphatic heterocycles. The topological polar surface area (TPSA) is 29.3 Å². The van der Waals surface area contributed by atoms with E-state index in [0.717, 1.165) is 24.3 Å². The Hall–Kier alpha value is -0.730. The minimum absolute atomic E-state index is 0.302. The van der Waals surface area contributed by atoms with Crippen molar-refractivity contribution in [2.24, 2.45) is 5.41 Å². The Morgan fingerprint density at radius 2 is 1.94 bits per heavy atom. The molecule has 0 radical (unpaired) electrons. The average molecular weight is 241 g/mol. The highest BCUT2D eigenvalue weighted by Gasteiger charge is 2.14. The maximum absolute atomic E-state index is 5.92. The summed E-state index contributed by atoms with van der Waals surface area (Å²) in [6.07, 6.45) is 0. The first kappa shape index (κ1) is 13.3. The molecule has 0 atom stereocenters. The summed E-state index contributed by atoms with van der Waals surface area (Å²) < 4.78 is 0. The van der Waals surface area contributed by atoms with E-state index in [9.17, 15) is 0 Å². The zero-order valence-corrected chi connectivity index (χ0v) is 11.3. The molecule has 0 amide bonds. The third-order valence-electron chi connectivity index (χ3n) is 2.29. The SMILES string of the molecule is CN(Cc1ccc(Cl)cc1N)CC(C)(C)C. The number of halogens is 1. The summed E-state index contributed by atoms with van der Waals surface area (Å²) in [4.78, 5) is 2.28. The Kier molecular flexibility index (Phi) is 4.22. The monoisotopic (exact) mass is 240 g/mol. The lowest BCUT2D eigenvalue weighted by atomic mass is 9.96. The molecular formula is C13H21ClN2. The largest absolute Gasteiger partial charge is 0.398 e. The Bertz CT molecular complexity index is 355. The van der Waals surface area contributed by atoms with Crippen molar-refractivity contribution in [1.82, 2.24) is 4.90 Å². The van der Waals surface area contributed by atoms with E-state index in [-0.39, 0.29) is 0 Å². The van der Waals surface area contributed by atoms with E-state index < -0.39 is 0 Å². The van der Waals surface area contributed by atoms with Crippen molar-refractivity contribution >= 4 is 17.3 Å². The molecule has 0 unspecified atom stereocenters. The van der Waals surface area contributed by atoms with Crippen LogP contribution in [0.3, 0.4) is 0 Å². The van der Waals surface area contributed by atoms with E-state index in [1.807, 2.05) is 18.2 Å². The minimum atomic E-state index is 0.302. The zero-order chi connectivity index (χ0) is 12.3. The third kappa shape index (κ3) is 4.42. The second-order valence-corrected chi connectivity index (χ2v) is 6.01. The van der Waals surface area contributed by atoms with Gasteiger partial charge in [0.05, 0.1) is 0 Å². The first-order valence-corrected chi connectivity index (χ1v) is 5.88. The van der Waals surface area contributed by atoms with E-state index >= 15 is 0 Å². The van der Waals surface area contributed by atoms with Crippen molar-refractivity contribution < 1.29 is 0 Å². The van der Waals surface area contributed by atoms with Gasteiger partial charge >= 0.3 is 0 Å². The van der Waals surface area contributed by atoms with Crippen LogP contribution in [0.1, 0.15) is 26.3 Å². The van der Waals surface area contributed by atoms with Crippen LogP contribution >= 0.6 is 11.6 Å². The summed E-state index contributed by atoms with van der Waals surface area (Å²) >= 11 is 5.87. The highest BCUT2D eigenvalue weighted by molar-refractivity contribution is 6.30. The molecule has 0 saturated carbocycles. The summed E-state index contributed by atoms with van der Waals surface area (Å²) in [5.74, 6) is 0. The van der Waals surface area contributed by atoms with Gasteiger partial charge in [-0.05, 0) is 30.2 Å². The second kappa shape index (κ2) is 5.07. The number of hydrogen-bond acceptors (Lipinski definition) is 2. The van der Waals surface area contributed by atoms with E-state index in [4.69, 9.17) is 17.3 Å². The van der Waals surface area contributed by atoms with Crippen LogP contribution in [0, 0.1) is 5.41 Å². The molecular weight excluding hydrogens is 220 g/mol. The molecule has 16 heavy (non-hydrogen) atoms. The predicted octanol–water partition coefficient (Wildman–Crippen LogP) is 3.40. The van der Waals surface area contributed by atoms with Crippen molar-refractivity contribution in [3.63, 3.8) is 0 Å². The van der Waals surface area contributed by atoms with Crippen molar-refractivity contribution in [2.45, 2.75) is 27.3 Å². The molecule has 90 valence electrons. The molecule has 0 heterocycles. The molecule has 2 nitrogen and oxygen atoms in total. The van der Waals surface area contributed by atoms with E-state index in [1.54, 1.807) is 0 Å². The lowest BCUT2D eigenvalue weighted by Crippen LogP contribution is -2.29. The number of anilines is 1. The van der Waals surface area contributed by atoms with Gasteiger partial charge in [-0.2, -0.15) is 0 Å². The fourth-order valence-electron chi connectivity index (χ4n) is 1.87. The molecule has 1 rings (SSSR count). The number of rotatable bonds is 3. The van der Waals surface area contributed by atoms with Crippen LogP contribution in [0.2, 0.25) is 5.02 Å². The summed E-state index contributed by atoms with van der Waals surface area (Å²) in [6, 6.07) is 5.69. The molecule has 0 spiro atoms. The van der Waals surface area contributed by atoms with Crippen molar-refractivity contribution in [1.29, 1.82) is 0 Å². The molecule has 0 aromatic heterocycles. The van der Waals surface area contributed by atoms with Crippen LogP contribution in [-0.4, -0.2) is 18.5 Å². The number of hydrogen-bond donors (Lipinski definition) is 1. The van der Waals surface area contributed by atoms with Crippen LogP contribution in [0.5, 0.6) is 0 Å².